The van der Waals surface area contributed by atoms with Crippen molar-refractivity contribution in [2.45, 2.75) is 31.7 Å². The third kappa shape index (κ3) is 3.60. The zero-order valence-electron chi connectivity index (χ0n) is 13.9. The number of benzene rings is 1. The number of nitrogens with zero attached hydrogens (tertiary/aromatic N) is 2. The molecule has 1 aromatic carbocycles. The summed E-state index contributed by atoms with van der Waals surface area (Å²) < 4.78 is 0. The number of carbonyl (C=O) groups is 1. The highest BCUT2D eigenvalue weighted by atomic mass is 32.1. The summed E-state index contributed by atoms with van der Waals surface area (Å²) in [6.07, 6.45) is 2.50. The molecule has 1 aliphatic rings. The maximum atomic E-state index is 12.3. The number of aliphatic hydroxyl groups is 1. The van der Waals surface area contributed by atoms with Crippen LogP contribution in [0.1, 0.15) is 25.5 Å². The lowest BCUT2D eigenvalue weighted by atomic mass is 10.0. The van der Waals surface area contributed by atoms with Crippen molar-refractivity contribution in [1.82, 2.24) is 15.2 Å². The van der Waals surface area contributed by atoms with Gasteiger partial charge in [-0.1, -0.05) is 30.3 Å². The Hall–Kier alpha value is -1.92. The molecule has 24 heavy (non-hydrogen) atoms. The van der Waals surface area contributed by atoms with E-state index in [1.165, 1.54) is 0 Å². The highest BCUT2D eigenvalue weighted by Gasteiger charge is 2.38. The van der Waals surface area contributed by atoms with Gasteiger partial charge in [-0.3, -0.25) is 0 Å². The lowest BCUT2D eigenvalue weighted by molar-refractivity contribution is 0.0975. The average Bonchev–Trinajstić information content (AvgIpc) is 3.23. The molecular formula is C18H23N3O2S. The van der Waals surface area contributed by atoms with Crippen LogP contribution in [0.15, 0.2) is 35.7 Å². The number of aliphatic hydroxyl groups excluding tert-OH is 1. The van der Waals surface area contributed by atoms with E-state index < -0.39 is 5.54 Å². The molecule has 0 aliphatic carbocycles. The van der Waals surface area contributed by atoms with Gasteiger partial charge in [0.15, 0.2) is 0 Å². The van der Waals surface area contributed by atoms with Crippen LogP contribution >= 0.6 is 11.3 Å². The molecule has 1 fully saturated rings. The fourth-order valence-electron chi connectivity index (χ4n) is 3.06. The zero-order valence-corrected chi connectivity index (χ0v) is 14.7. The smallest absolute Gasteiger partial charge is 0.317 e. The van der Waals surface area contributed by atoms with Crippen LogP contribution in [0.4, 0.5) is 4.79 Å². The molecule has 0 bridgehead atoms. The minimum Gasteiger partial charge on any atom is -0.394 e. The van der Waals surface area contributed by atoms with E-state index in [-0.39, 0.29) is 12.6 Å². The normalized spacial score (nSPS) is 20.3. The summed E-state index contributed by atoms with van der Waals surface area (Å²) in [6.45, 7) is 3.20. The molecule has 1 unspecified atom stereocenters. The number of hydrogen-bond acceptors (Lipinski definition) is 4. The highest BCUT2D eigenvalue weighted by Crippen LogP contribution is 2.28. The molecule has 2 N–H and O–H groups in total. The monoisotopic (exact) mass is 345 g/mol. The lowest BCUT2D eigenvalue weighted by Crippen LogP contribution is -2.52. The molecule has 0 spiro atoms. The number of thiazole rings is 1. The molecule has 0 radical (unpaired) electrons. The molecule has 2 heterocycles. The van der Waals surface area contributed by atoms with Crippen LogP contribution in [0.5, 0.6) is 0 Å². The predicted molar refractivity (Wildman–Crippen MR) is 96.1 cm³/mol. The first-order valence-corrected chi connectivity index (χ1v) is 9.16. The molecular weight excluding hydrogens is 322 g/mol. The topological polar surface area (TPSA) is 65.5 Å². The largest absolute Gasteiger partial charge is 0.394 e. The minimum absolute atomic E-state index is 0.00689. The highest BCUT2D eigenvalue weighted by molar-refractivity contribution is 7.13. The van der Waals surface area contributed by atoms with E-state index in [0.29, 0.717) is 19.5 Å². The first kappa shape index (κ1) is 16.9. The van der Waals surface area contributed by atoms with Crippen LogP contribution in [-0.4, -0.2) is 46.3 Å². The van der Waals surface area contributed by atoms with Gasteiger partial charge < -0.3 is 15.3 Å². The van der Waals surface area contributed by atoms with Gasteiger partial charge in [-0.2, -0.15) is 0 Å². The summed E-state index contributed by atoms with van der Waals surface area (Å²) in [6, 6.07) is 10.0. The molecule has 1 aromatic heterocycles. The maximum Gasteiger partial charge on any atom is 0.317 e. The second-order valence-electron chi connectivity index (χ2n) is 6.40. The van der Waals surface area contributed by atoms with Gasteiger partial charge in [-0.25, -0.2) is 9.78 Å². The summed E-state index contributed by atoms with van der Waals surface area (Å²) in [5, 5.41) is 15.5. The Morgan fingerprint density at radius 2 is 2.21 bits per heavy atom. The second-order valence-corrected chi connectivity index (χ2v) is 7.26. The standard InChI is InChI=1S/C18H23N3O2S/c1-18(13-22)9-5-11-21(18)17(23)19-10-8-15-12-24-16(20-15)14-6-3-2-4-7-14/h2-4,6-7,12,22H,5,8-11,13H2,1H3,(H,19,23). The second kappa shape index (κ2) is 7.32. The van der Waals surface area contributed by atoms with Gasteiger partial charge in [0.25, 0.3) is 0 Å². The van der Waals surface area contributed by atoms with Gasteiger partial charge in [0.2, 0.25) is 0 Å². The Morgan fingerprint density at radius 3 is 2.96 bits per heavy atom. The number of hydrogen-bond donors (Lipinski definition) is 2. The van der Waals surface area contributed by atoms with Gasteiger partial charge in [0.1, 0.15) is 5.01 Å². The first-order chi connectivity index (χ1) is 11.6. The van der Waals surface area contributed by atoms with Crippen molar-refractivity contribution in [3.63, 3.8) is 0 Å². The average molecular weight is 345 g/mol. The molecule has 2 aromatic rings. The SMILES string of the molecule is CC1(CO)CCCN1C(=O)NCCc1csc(-c2ccccc2)n1. The summed E-state index contributed by atoms with van der Waals surface area (Å²) in [5.41, 5.74) is 1.68. The van der Waals surface area contributed by atoms with Crippen molar-refractivity contribution in [2.75, 3.05) is 19.7 Å². The van der Waals surface area contributed by atoms with Crippen molar-refractivity contribution < 1.29 is 9.90 Å². The van der Waals surface area contributed by atoms with Crippen molar-refractivity contribution >= 4 is 17.4 Å². The van der Waals surface area contributed by atoms with Gasteiger partial charge in [0, 0.05) is 30.5 Å². The molecule has 1 saturated heterocycles. The number of amides is 2. The summed E-state index contributed by atoms with van der Waals surface area (Å²) in [7, 11) is 0. The van der Waals surface area contributed by atoms with Crippen LogP contribution < -0.4 is 5.32 Å². The number of likely N-dealkylation sites (tertiary alicyclic amines) is 1. The summed E-state index contributed by atoms with van der Waals surface area (Å²) in [4.78, 5) is 18.7. The molecule has 5 nitrogen and oxygen atoms in total. The molecule has 128 valence electrons. The van der Waals surface area contributed by atoms with Gasteiger partial charge in [0.05, 0.1) is 17.8 Å². The Labute approximate surface area is 146 Å². The van der Waals surface area contributed by atoms with Crippen molar-refractivity contribution in [2.24, 2.45) is 0 Å². The predicted octanol–water partition coefficient (Wildman–Crippen LogP) is 2.91. The lowest BCUT2D eigenvalue weighted by Gasteiger charge is -2.33. The van der Waals surface area contributed by atoms with E-state index in [9.17, 15) is 9.90 Å². The fraction of sp³-hybridized carbons (Fsp3) is 0.444. The third-order valence-electron chi connectivity index (χ3n) is 4.56. The van der Waals surface area contributed by atoms with Crippen LogP contribution in [0.3, 0.4) is 0 Å². The fourth-order valence-corrected chi connectivity index (χ4v) is 3.92. The number of carbonyl (C=O) groups excluding carboxylic acids is 1. The van der Waals surface area contributed by atoms with Crippen molar-refractivity contribution in [1.29, 1.82) is 0 Å². The van der Waals surface area contributed by atoms with E-state index in [4.69, 9.17) is 0 Å². The summed E-state index contributed by atoms with van der Waals surface area (Å²) >= 11 is 1.62. The molecule has 1 aliphatic heterocycles. The summed E-state index contributed by atoms with van der Waals surface area (Å²) in [5.74, 6) is 0. The van der Waals surface area contributed by atoms with E-state index in [2.05, 4.69) is 10.3 Å². The Morgan fingerprint density at radius 1 is 1.42 bits per heavy atom. The minimum atomic E-state index is -0.425. The number of aromatic nitrogens is 1. The van der Waals surface area contributed by atoms with Crippen molar-refractivity contribution in [3.05, 3.63) is 41.4 Å². The maximum absolute atomic E-state index is 12.3. The van der Waals surface area contributed by atoms with E-state index in [1.807, 2.05) is 42.6 Å². The quantitative estimate of drug-likeness (QED) is 0.876. The van der Waals surface area contributed by atoms with Crippen LogP contribution in [0.25, 0.3) is 10.6 Å². The molecule has 2 amide bonds. The Bertz CT molecular complexity index is 689. The van der Waals surface area contributed by atoms with E-state index in [1.54, 1.807) is 16.2 Å². The number of urea groups is 1. The number of nitrogens with one attached hydrogen (secondary N) is 1. The zero-order chi connectivity index (χ0) is 17.0. The van der Waals surface area contributed by atoms with Gasteiger partial charge in [-0.05, 0) is 19.8 Å². The Balaban J connectivity index is 1.52. The molecule has 1 atom stereocenters. The molecule has 0 saturated carbocycles. The van der Waals surface area contributed by atoms with E-state index >= 15 is 0 Å². The van der Waals surface area contributed by atoms with Gasteiger partial charge >= 0.3 is 6.03 Å². The molecule has 6 heteroatoms. The van der Waals surface area contributed by atoms with Crippen LogP contribution in [-0.2, 0) is 6.42 Å². The van der Waals surface area contributed by atoms with Crippen LogP contribution in [0, 0.1) is 0 Å². The Kier molecular flexibility index (Phi) is 5.16. The third-order valence-corrected chi connectivity index (χ3v) is 5.50. The number of rotatable bonds is 5. The molecule has 3 rings (SSSR count). The van der Waals surface area contributed by atoms with E-state index in [0.717, 1.165) is 29.1 Å². The van der Waals surface area contributed by atoms with Crippen LogP contribution in [0.2, 0.25) is 0 Å². The first-order valence-electron chi connectivity index (χ1n) is 8.28. The van der Waals surface area contributed by atoms with Crippen molar-refractivity contribution in [3.8, 4) is 10.6 Å². The van der Waals surface area contributed by atoms with Gasteiger partial charge in [-0.15, -0.1) is 11.3 Å².